The highest BCUT2D eigenvalue weighted by Gasteiger charge is 2.42. The Balaban J connectivity index is 1.54. The fourth-order valence-electron chi connectivity index (χ4n) is 4.47. The molecule has 0 aliphatic heterocycles. The predicted octanol–water partition coefficient (Wildman–Crippen LogP) is 5.25. The molecule has 2 aliphatic carbocycles. The minimum absolute atomic E-state index is 0.133. The van der Waals surface area contributed by atoms with Crippen molar-refractivity contribution in [3.63, 3.8) is 0 Å². The van der Waals surface area contributed by atoms with E-state index < -0.39 is 0 Å². The van der Waals surface area contributed by atoms with E-state index in [1.54, 1.807) is 6.07 Å². The first kappa shape index (κ1) is 15.4. The van der Waals surface area contributed by atoms with Crippen LogP contribution >= 0.6 is 22.9 Å². The van der Waals surface area contributed by atoms with Crippen molar-refractivity contribution in [1.29, 1.82) is 0 Å². The molecule has 2 nitrogen and oxygen atoms in total. The zero-order chi connectivity index (χ0) is 16.1. The summed E-state index contributed by atoms with van der Waals surface area (Å²) in [6.07, 6.45) is 5.22. The van der Waals surface area contributed by atoms with Crippen LogP contribution in [-0.4, -0.2) is 11.9 Å². The van der Waals surface area contributed by atoms with Crippen molar-refractivity contribution in [1.82, 2.24) is 5.32 Å². The molecule has 4 atom stereocenters. The van der Waals surface area contributed by atoms with Crippen molar-refractivity contribution >= 4 is 38.9 Å². The minimum atomic E-state index is -0.308. The van der Waals surface area contributed by atoms with Crippen LogP contribution in [0.25, 0.3) is 10.1 Å². The van der Waals surface area contributed by atoms with E-state index in [9.17, 15) is 9.18 Å². The Morgan fingerprint density at radius 3 is 2.91 bits per heavy atom. The van der Waals surface area contributed by atoms with Crippen LogP contribution < -0.4 is 5.32 Å². The van der Waals surface area contributed by atoms with Gasteiger partial charge in [0.05, 0.1) is 5.02 Å². The maximum absolute atomic E-state index is 13.3. The van der Waals surface area contributed by atoms with E-state index in [4.69, 9.17) is 11.6 Å². The van der Waals surface area contributed by atoms with Gasteiger partial charge in [0.1, 0.15) is 10.7 Å². The van der Waals surface area contributed by atoms with Gasteiger partial charge in [-0.05, 0) is 62.1 Å². The van der Waals surface area contributed by atoms with Crippen LogP contribution in [0.5, 0.6) is 0 Å². The zero-order valence-corrected chi connectivity index (χ0v) is 14.5. The number of carbonyl (C=O) groups excluding carboxylic acids is 1. The topological polar surface area (TPSA) is 29.1 Å². The molecule has 0 radical (unpaired) electrons. The lowest BCUT2D eigenvalue weighted by Gasteiger charge is -2.28. The molecule has 122 valence electrons. The third-order valence-corrected chi connectivity index (χ3v) is 7.25. The van der Waals surface area contributed by atoms with Gasteiger partial charge < -0.3 is 5.32 Å². The number of fused-ring (bicyclic) bond motifs is 3. The number of halogens is 2. The van der Waals surface area contributed by atoms with E-state index in [-0.39, 0.29) is 17.8 Å². The Labute approximate surface area is 144 Å². The fraction of sp³-hybridized carbons (Fsp3) is 0.500. The lowest BCUT2D eigenvalue weighted by Crippen LogP contribution is -2.39. The Bertz CT molecular complexity index is 774. The second-order valence-electron chi connectivity index (χ2n) is 6.99. The van der Waals surface area contributed by atoms with Gasteiger partial charge in [0.2, 0.25) is 0 Å². The number of thiophene rings is 1. The number of amides is 1. The summed E-state index contributed by atoms with van der Waals surface area (Å²) in [5, 5.41) is 4.31. The summed E-state index contributed by atoms with van der Waals surface area (Å²) >= 11 is 7.60. The highest BCUT2D eigenvalue weighted by atomic mass is 35.5. The summed E-state index contributed by atoms with van der Waals surface area (Å²) < 4.78 is 14.1. The minimum Gasteiger partial charge on any atom is -0.349 e. The van der Waals surface area contributed by atoms with Crippen LogP contribution in [-0.2, 0) is 0 Å². The van der Waals surface area contributed by atoms with Gasteiger partial charge >= 0.3 is 0 Å². The molecule has 2 fully saturated rings. The van der Waals surface area contributed by atoms with Gasteiger partial charge in [-0.1, -0.05) is 18.0 Å². The highest BCUT2D eigenvalue weighted by molar-refractivity contribution is 7.21. The SMILES string of the molecule is C[C@H](NC(=O)c1sc2cc(F)ccc2c1Cl)[C@H]1C[C@H]2CC[C@H]1C2. The zero-order valence-electron chi connectivity index (χ0n) is 12.9. The average molecular weight is 352 g/mol. The van der Waals surface area contributed by atoms with Crippen molar-refractivity contribution in [2.75, 3.05) is 0 Å². The largest absolute Gasteiger partial charge is 0.349 e. The van der Waals surface area contributed by atoms with E-state index in [2.05, 4.69) is 12.2 Å². The van der Waals surface area contributed by atoms with Crippen LogP contribution in [0.4, 0.5) is 4.39 Å². The molecule has 5 heteroatoms. The third-order valence-electron chi connectivity index (χ3n) is 5.59. The Kier molecular flexibility index (Phi) is 3.85. The molecule has 0 unspecified atom stereocenters. The molecular formula is C18H19ClFNOS. The Morgan fingerprint density at radius 1 is 1.39 bits per heavy atom. The molecule has 1 N–H and O–H groups in total. The number of hydrogen-bond donors (Lipinski definition) is 1. The molecule has 0 saturated heterocycles. The summed E-state index contributed by atoms with van der Waals surface area (Å²) in [5.41, 5.74) is 0. The average Bonchev–Trinajstić information content (AvgIpc) is 3.21. The monoisotopic (exact) mass is 351 g/mol. The van der Waals surface area contributed by atoms with Gasteiger partial charge in [-0.15, -0.1) is 11.3 Å². The quantitative estimate of drug-likeness (QED) is 0.804. The van der Waals surface area contributed by atoms with Gasteiger partial charge in [-0.2, -0.15) is 0 Å². The molecule has 0 spiro atoms. The normalized spacial score (nSPS) is 27.5. The fourth-order valence-corrected chi connectivity index (χ4v) is 5.92. The molecule has 2 bridgehead atoms. The van der Waals surface area contributed by atoms with Crippen molar-refractivity contribution < 1.29 is 9.18 Å². The first-order valence-corrected chi connectivity index (χ1v) is 9.41. The van der Waals surface area contributed by atoms with E-state index in [1.807, 2.05) is 0 Å². The van der Waals surface area contributed by atoms with Gasteiger partial charge in [-0.25, -0.2) is 4.39 Å². The molecule has 2 aromatic rings. The van der Waals surface area contributed by atoms with Crippen LogP contribution in [0.2, 0.25) is 5.02 Å². The number of benzene rings is 1. The van der Waals surface area contributed by atoms with E-state index in [0.29, 0.717) is 20.5 Å². The summed E-state index contributed by atoms with van der Waals surface area (Å²) in [4.78, 5) is 13.1. The molecule has 1 amide bonds. The standard InChI is InChI=1S/C18H19ClFNOS/c1-9(14-7-10-2-3-11(14)6-10)21-18(22)17-16(19)13-5-4-12(20)8-15(13)23-17/h4-5,8-11,14H,2-3,6-7H2,1H3,(H,21,22)/t9-,10-,11-,14+/m0/s1. The first-order chi connectivity index (χ1) is 11.0. The Morgan fingerprint density at radius 2 is 2.22 bits per heavy atom. The molecule has 1 aromatic carbocycles. The first-order valence-electron chi connectivity index (χ1n) is 8.21. The van der Waals surface area contributed by atoms with Gasteiger partial charge in [-0.3, -0.25) is 4.79 Å². The second kappa shape index (κ2) is 5.75. The number of carbonyl (C=O) groups is 1. The molecule has 1 aromatic heterocycles. The van der Waals surface area contributed by atoms with E-state index >= 15 is 0 Å². The van der Waals surface area contributed by atoms with Crippen molar-refractivity contribution in [3.05, 3.63) is 33.9 Å². The highest BCUT2D eigenvalue weighted by Crippen LogP contribution is 2.49. The Hall–Kier alpha value is -1.13. The summed E-state index contributed by atoms with van der Waals surface area (Å²) in [7, 11) is 0. The molecule has 4 rings (SSSR count). The smallest absolute Gasteiger partial charge is 0.263 e. The van der Waals surface area contributed by atoms with Crippen LogP contribution in [0.3, 0.4) is 0 Å². The van der Waals surface area contributed by atoms with E-state index in [0.717, 1.165) is 17.2 Å². The lowest BCUT2D eigenvalue weighted by atomic mass is 9.84. The molecular weight excluding hydrogens is 333 g/mol. The summed E-state index contributed by atoms with van der Waals surface area (Å²) in [6.45, 7) is 2.10. The summed E-state index contributed by atoms with van der Waals surface area (Å²) in [5.74, 6) is 1.77. The van der Waals surface area contributed by atoms with Crippen molar-refractivity contribution in [3.8, 4) is 0 Å². The third kappa shape index (κ3) is 2.66. The predicted molar refractivity (Wildman–Crippen MR) is 92.7 cm³/mol. The van der Waals surface area contributed by atoms with Gasteiger partial charge in [0, 0.05) is 16.1 Å². The number of rotatable bonds is 3. The van der Waals surface area contributed by atoms with Crippen LogP contribution in [0, 0.1) is 23.6 Å². The lowest BCUT2D eigenvalue weighted by molar-refractivity contribution is 0.0919. The van der Waals surface area contributed by atoms with Crippen LogP contribution in [0.15, 0.2) is 18.2 Å². The molecule has 1 heterocycles. The maximum Gasteiger partial charge on any atom is 0.263 e. The molecule has 23 heavy (non-hydrogen) atoms. The van der Waals surface area contributed by atoms with Gasteiger partial charge in [0.25, 0.3) is 5.91 Å². The molecule has 2 saturated carbocycles. The van der Waals surface area contributed by atoms with Crippen molar-refractivity contribution in [2.45, 2.75) is 38.6 Å². The van der Waals surface area contributed by atoms with Crippen molar-refractivity contribution in [2.24, 2.45) is 17.8 Å². The van der Waals surface area contributed by atoms with Crippen LogP contribution in [0.1, 0.15) is 42.3 Å². The van der Waals surface area contributed by atoms with E-state index in [1.165, 1.54) is 49.2 Å². The molecule has 2 aliphatic rings. The second-order valence-corrected chi connectivity index (χ2v) is 8.42. The number of hydrogen-bond acceptors (Lipinski definition) is 2. The van der Waals surface area contributed by atoms with Gasteiger partial charge in [0.15, 0.2) is 0 Å². The summed E-state index contributed by atoms with van der Waals surface area (Å²) in [6, 6.07) is 4.61. The number of nitrogens with one attached hydrogen (secondary N) is 1. The maximum atomic E-state index is 13.3.